The lowest BCUT2D eigenvalue weighted by Gasteiger charge is -2.06. The van der Waals surface area contributed by atoms with Crippen LogP contribution >= 0.6 is 0 Å². The number of hydrogen-bond acceptors (Lipinski definition) is 4. The van der Waals surface area contributed by atoms with Gasteiger partial charge in [0.1, 0.15) is 0 Å². The number of aromatic nitrogens is 3. The van der Waals surface area contributed by atoms with Gasteiger partial charge in [-0.3, -0.25) is 19.7 Å². The molecular weight excluding hydrogens is 340 g/mol. The summed E-state index contributed by atoms with van der Waals surface area (Å²) in [5, 5.41) is 11.1. The van der Waals surface area contributed by atoms with Crippen molar-refractivity contribution in [2.75, 3.05) is 5.32 Å². The van der Waals surface area contributed by atoms with Gasteiger partial charge in [0.2, 0.25) is 0 Å². The average molecular weight is 356 g/mol. The predicted octanol–water partition coefficient (Wildman–Crippen LogP) is 4.08. The van der Waals surface area contributed by atoms with Crippen LogP contribution in [0.15, 0.2) is 67.0 Å². The maximum Gasteiger partial charge on any atom is 0.257 e. The Morgan fingerprint density at radius 1 is 1.00 bits per heavy atom. The number of carbonyl (C=O) groups excluding carboxylic acids is 2. The van der Waals surface area contributed by atoms with Gasteiger partial charge in [-0.25, -0.2) is 0 Å². The third-order valence-electron chi connectivity index (χ3n) is 4.29. The zero-order chi connectivity index (χ0) is 18.8. The van der Waals surface area contributed by atoms with Crippen molar-refractivity contribution in [3.8, 4) is 11.3 Å². The Balaban J connectivity index is 1.70. The van der Waals surface area contributed by atoms with Gasteiger partial charge in [-0.05, 0) is 43.3 Å². The van der Waals surface area contributed by atoms with Crippen molar-refractivity contribution in [3.05, 3.63) is 78.1 Å². The predicted molar refractivity (Wildman–Crippen MR) is 104 cm³/mol. The highest BCUT2D eigenvalue weighted by atomic mass is 16.1. The van der Waals surface area contributed by atoms with Crippen LogP contribution in [-0.4, -0.2) is 26.9 Å². The Morgan fingerprint density at radius 2 is 1.85 bits per heavy atom. The molecule has 0 saturated carbocycles. The summed E-state index contributed by atoms with van der Waals surface area (Å²) >= 11 is 0. The van der Waals surface area contributed by atoms with Gasteiger partial charge < -0.3 is 5.32 Å². The molecule has 6 heteroatoms. The molecule has 0 spiro atoms. The van der Waals surface area contributed by atoms with Crippen LogP contribution in [-0.2, 0) is 0 Å². The molecule has 0 atom stereocenters. The summed E-state index contributed by atoms with van der Waals surface area (Å²) in [4.78, 5) is 28.0. The first-order valence-corrected chi connectivity index (χ1v) is 8.43. The van der Waals surface area contributed by atoms with Crippen molar-refractivity contribution in [1.82, 2.24) is 15.2 Å². The molecule has 0 saturated heterocycles. The van der Waals surface area contributed by atoms with Crippen LogP contribution in [0.3, 0.4) is 0 Å². The van der Waals surface area contributed by atoms with Gasteiger partial charge in [0.05, 0.1) is 16.8 Å². The zero-order valence-corrected chi connectivity index (χ0v) is 14.6. The van der Waals surface area contributed by atoms with Crippen molar-refractivity contribution >= 4 is 28.3 Å². The van der Waals surface area contributed by atoms with E-state index in [9.17, 15) is 9.59 Å². The number of amides is 1. The highest BCUT2D eigenvalue weighted by Gasteiger charge is 2.12. The molecule has 1 amide bonds. The molecule has 2 heterocycles. The molecule has 0 fully saturated rings. The monoisotopic (exact) mass is 356 g/mol. The topological polar surface area (TPSA) is 87.7 Å². The fourth-order valence-electron chi connectivity index (χ4n) is 2.90. The smallest absolute Gasteiger partial charge is 0.257 e. The fraction of sp³-hybridized carbons (Fsp3) is 0.0476. The molecular formula is C21H16N4O2. The molecule has 132 valence electrons. The van der Waals surface area contributed by atoms with E-state index in [1.165, 1.54) is 13.1 Å². The van der Waals surface area contributed by atoms with Crippen LogP contribution in [0.4, 0.5) is 5.69 Å². The molecule has 4 aromatic rings. The molecule has 27 heavy (non-hydrogen) atoms. The lowest BCUT2D eigenvalue weighted by molar-refractivity contribution is 0.101. The van der Waals surface area contributed by atoms with Gasteiger partial charge in [0, 0.05) is 34.6 Å². The number of carbonyl (C=O) groups is 2. The van der Waals surface area contributed by atoms with Crippen LogP contribution in [0.1, 0.15) is 27.6 Å². The van der Waals surface area contributed by atoms with E-state index in [4.69, 9.17) is 0 Å². The van der Waals surface area contributed by atoms with Gasteiger partial charge in [-0.2, -0.15) is 5.10 Å². The Bertz CT molecular complexity index is 1150. The minimum Gasteiger partial charge on any atom is -0.322 e. The van der Waals surface area contributed by atoms with E-state index in [0.29, 0.717) is 16.8 Å². The number of ketones is 1. The summed E-state index contributed by atoms with van der Waals surface area (Å²) < 4.78 is 0. The number of nitrogens with one attached hydrogen (secondary N) is 2. The number of anilines is 1. The Morgan fingerprint density at radius 3 is 2.63 bits per heavy atom. The van der Waals surface area contributed by atoms with Crippen molar-refractivity contribution in [2.45, 2.75) is 6.92 Å². The van der Waals surface area contributed by atoms with E-state index < -0.39 is 0 Å². The Hall–Kier alpha value is -3.80. The number of pyridine rings is 1. The fourth-order valence-corrected chi connectivity index (χ4v) is 2.90. The molecule has 2 aromatic heterocycles. The highest BCUT2D eigenvalue weighted by Crippen LogP contribution is 2.29. The lowest BCUT2D eigenvalue weighted by atomic mass is 10.0. The number of benzene rings is 2. The molecule has 0 bridgehead atoms. The first-order valence-electron chi connectivity index (χ1n) is 8.43. The number of nitrogens with zero attached hydrogens (tertiary/aromatic N) is 2. The molecule has 0 unspecified atom stereocenters. The third kappa shape index (κ3) is 3.32. The van der Waals surface area contributed by atoms with Gasteiger partial charge in [0.15, 0.2) is 5.78 Å². The van der Waals surface area contributed by atoms with Crippen molar-refractivity contribution in [3.63, 3.8) is 0 Å². The number of Topliss-reactive ketones (excluding diaryl/α,β-unsaturated/α-hetero) is 1. The van der Waals surface area contributed by atoms with Gasteiger partial charge >= 0.3 is 0 Å². The van der Waals surface area contributed by atoms with Crippen molar-refractivity contribution in [2.24, 2.45) is 0 Å². The third-order valence-corrected chi connectivity index (χ3v) is 4.29. The van der Waals surface area contributed by atoms with Crippen LogP contribution in [0.25, 0.3) is 22.2 Å². The van der Waals surface area contributed by atoms with Crippen molar-refractivity contribution in [1.29, 1.82) is 0 Å². The highest BCUT2D eigenvalue weighted by molar-refractivity contribution is 6.06. The molecule has 6 nitrogen and oxygen atoms in total. The lowest BCUT2D eigenvalue weighted by Crippen LogP contribution is -2.11. The second kappa shape index (κ2) is 6.84. The Kier molecular flexibility index (Phi) is 4.22. The van der Waals surface area contributed by atoms with E-state index in [-0.39, 0.29) is 11.7 Å². The van der Waals surface area contributed by atoms with Crippen molar-refractivity contribution < 1.29 is 9.59 Å². The van der Waals surface area contributed by atoms with Gasteiger partial charge in [-0.15, -0.1) is 0 Å². The van der Waals surface area contributed by atoms with E-state index in [1.807, 2.05) is 36.4 Å². The zero-order valence-electron chi connectivity index (χ0n) is 14.6. The molecule has 2 aromatic carbocycles. The first kappa shape index (κ1) is 16.7. The normalized spacial score (nSPS) is 10.7. The van der Waals surface area contributed by atoms with Crippen LogP contribution in [0, 0.1) is 0 Å². The van der Waals surface area contributed by atoms with E-state index in [2.05, 4.69) is 20.5 Å². The minimum absolute atomic E-state index is 0.00103. The molecule has 0 aliphatic rings. The average Bonchev–Trinajstić information content (AvgIpc) is 3.12. The summed E-state index contributed by atoms with van der Waals surface area (Å²) in [7, 11) is 0. The summed E-state index contributed by atoms with van der Waals surface area (Å²) in [6.45, 7) is 1.54. The molecule has 0 radical (unpaired) electrons. The van der Waals surface area contributed by atoms with Crippen LogP contribution < -0.4 is 5.32 Å². The largest absolute Gasteiger partial charge is 0.322 e. The minimum atomic E-state index is -0.230. The summed E-state index contributed by atoms with van der Waals surface area (Å²) in [6, 6.07) is 16.3. The maximum absolute atomic E-state index is 12.4. The number of fused-ring (bicyclic) bond motifs is 1. The summed E-state index contributed by atoms with van der Waals surface area (Å²) in [5.41, 5.74) is 4.18. The standard InChI is InChI=1S/C21H16N4O2/c1-13(26)14-4-2-5-15(10-14)20-18-11-17(7-8-19(18)24-25-20)23-21(27)16-6-3-9-22-12-16/h2-12H,1H3,(H,23,27)(H,24,25). The van der Waals surface area contributed by atoms with Crippen LogP contribution in [0.2, 0.25) is 0 Å². The quantitative estimate of drug-likeness (QED) is 0.539. The second-order valence-corrected chi connectivity index (χ2v) is 6.17. The van der Waals surface area contributed by atoms with Gasteiger partial charge in [0.25, 0.3) is 5.91 Å². The number of aromatic amines is 1. The summed E-state index contributed by atoms with van der Waals surface area (Å²) in [6.07, 6.45) is 3.14. The number of rotatable bonds is 4. The number of H-pyrrole nitrogens is 1. The Labute approximate surface area is 155 Å². The number of hydrogen-bond donors (Lipinski definition) is 2. The molecule has 0 aliphatic heterocycles. The van der Waals surface area contributed by atoms with Crippen LogP contribution in [0.5, 0.6) is 0 Å². The molecule has 2 N–H and O–H groups in total. The summed E-state index contributed by atoms with van der Waals surface area (Å²) in [5.74, 6) is -0.229. The van der Waals surface area contributed by atoms with E-state index in [0.717, 1.165) is 22.2 Å². The molecule has 4 rings (SSSR count). The maximum atomic E-state index is 12.4. The van der Waals surface area contributed by atoms with Gasteiger partial charge in [-0.1, -0.05) is 18.2 Å². The van der Waals surface area contributed by atoms with E-state index in [1.54, 1.807) is 24.4 Å². The first-order chi connectivity index (χ1) is 13.1. The van der Waals surface area contributed by atoms with E-state index >= 15 is 0 Å². The molecule has 0 aliphatic carbocycles. The second-order valence-electron chi connectivity index (χ2n) is 6.17. The SMILES string of the molecule is CC(=O)c1cccc(-c2n[nH]c3ccc(NC(=O)c4cccnc4)cc23)c1.